The van der Waals surface area contributed by atoms with Gasteiger partial charge in [-0.05, 0) is 25.1 Å². The van der Waals surface area contributed by atoms with E-state index in [1.54, 1.807) is 12.1 Å². The second-order valence-electron chi connectivity index (χ2n) is 2.37. The zero-order valence-electron chi connectivity index (χ0n) is 6.80. The van der Waals surface area contributed by atoms with Crippen molar-refractivity contribution in [2.75, 3.05) is 6.54 Å². The van der Waals surface area contributed by atoms with E-state index in [1.807, 2.05) is 19.1 Å². The number of carbonyl (C=O) groups excluding carboxylic acids is 1. The number of nitrogens with one attached hydrogen (secondary N) is 1. The molecule has 0 spiro atoms. The Morgan fingerprint density at radius 1 is 1.54 bits per heavy atom. The zero-order valence-corrected chi connectivity index (χ0v) is 8.39. The highest BCUT2D eigenvalue weighted by Gasteiger charge is 2.02. The molecule has 0 fully saturated rings. The van der Waals surface area contributed by atoms with Crippen molar-refractivity contribution in [3.63, 3.8) is 0 Å². The Hall–Kier alpha value is -0.830. The average Bonchev–Trinajstić information content (AvgIpc) is 2.05. The second-order valence-corrected chi connectivity index (χ2v) is 3.29. The van der Waals surface area contributed by atoms with Gasteiger partial charge >= 0.3 is 0 Å². The Balaban J connectivity index is 0.00000144. The minimum Gasteiger partial charge on any atom is -0.352 e. The minimum absolute atomic E-state index is 0. The van der Waals surface area contributed by atoms with Crippen molar-refractivity contribution in [2.24, 2.45) is 0 Å². The maximum Gasteiger partial charge on any atom is 0.251 e. The molecule has 0 heterocycles. The van der Waals surface area contributed by atoms with Crippen molar-refractivity contribution in [1.82, 2.24) is 5.32 Å². The molecule has 1 aromatic rings. The van der Waals surface area contributed by atoms with E-state index in [4.69, 9.17) is 0 Å². The summed E-state index contributed by atoms with van der Waals surface area (Å²) in [5, 5.41) is 2.73. The van der Waals surface area contributed by atoms with Crippen LogP contribution in [0.3, 0.4) is 0 Å². The van der Waals surface area contributed by atoms with Crippen molar-refractivity contribution < 1.29 is 4.79 Å². The molecule has 1 aromatic carbocycles. The van der Waals surface area contributed by atoms with E-state index in [0.29, 0.717) is 12.1 Å². The summed E-state index contributed by atoms with van der Waals surface area (Å²) in [6.07, 6.45) is 0. The second kappa shape index (κ2) is 5.75. The van der Waals surface area contributed by atoms with Gasteiger partial charge < -0.3 is 5.32 Å². The van der Waals surface area contributed by atoms with E-state index in [0.717, 1.165) is 4.47 Å². The standard InChI is InChI=1S/C9H10BrNO.CH4/c1-2-11-9(12)7-4-3-5-8(10)6-7;/h3-6H,2H2,1H3,(H,11,12);1H4. The number of amides is 1. The largest absolute Gasteiger partial charge is 0.352 e. The first-order valence-corrected chi connectivity index (χ1v) is 4.57. The van der Waals surface area contributed by atoms with Crippen molar-refractivity contribution in [3.8, 4) is 0 Å². The Morgan fingerprint density at radius 2 is 2.23 bits per heavy atom. The molecule has 0 unspecified atom stereocenters. The summed E-state index contributed by atoms with van der Waals surface area (Å²) < 4.78 is 0.922. The van der Waals surface area contributed by atoms with Crippen LogP contribution in [-0.4, -0.2) is 12.5 Å². The van der Waals surface area contributed by atoms with Crippen molar-refractivity contribution >= 4 is 21.8 Å². The van der Waals surface area contributed by atoms with Crippen molar-refractivity contribution in [3.05, 3.63) is 34.3 Å². The van der Waals surface area contributed by atoms with Gasteiger partial charge in [-0.15, -0.1) is 0 Å². The van der Waals surface area contributed by atoms with Gasteiger partial charge in [0.1, 0.15) is 0 Å². The smallest absolute Gasteiger partial charge is 0.251 e. The van der Waals surface area contributed by atoms with Crippen LogP contribution in [0.4, 0.5) is 0 Å². The summed E-state index contributed by atoms with van der Waals surface area (Å²) in [5.41, 5.74) is 0.686. The van der Waals surface area contributed by atoms with Crippen LogP contribution < -0.4 is 5.32 Å². The Morgan fingerprint density at radius 3 is 2.77 bits per heavy atom. The first kappa shape index (κ1) is 12.2. The first-order chi connectivity index (χ1) is 5.74. The van der Waals surface area contributed by atoms with Gasteiger partial charge in [-0.25, -0.2) is 0 Å². The average molecular weight is 244 g/mol. The summed E-state index contributed by atoms with van der Waals surface area (Å²) in [7, 11) is 0. The molecule has 0 aliphatic rings. The lowest BCUT2D eigenvalue weighted by Crippen LogP contribution is -2.22. The van der Waals surface area contributed by atoms with Crippen LogP contribution in [0.5, 0.6) is 0 Å². The summed E-state index contributed by atoms with van der Waals surface area (Å²) >= 11 is 3.30. The van der Waals surface area contributed by atoms with Gasteiger partial charge in [-0.1, -0.05) is 29.4 Å². The molecule has 1 N–H and O–H groups in total. The quantitative estimate of drug-likeness (QED) is 0.851. The van der Waals surface area contributed by atoms with Crippen LogP contribution in [0.25, 0.3) is 0 Å². The third-order valence-corrected chi connectivity index (χ3v) is 1.92. The fraction of sp³-hybridized carbons (Fsp3) is 0.300. The summed E-state index contributed by atoms with van der Waals surface area (Å²) in [5.74, 6) is -0.0289. The van der Waals surface area contributed by atoms with E-state index < -0.39 is 0 Å². The van der Waals surface area contributed by atoms with Crippen LogP contribution in [-0.2, 0) is 0 Å². The lowest BCUT2D eigenvalue weighted by Gasteiger charge is -2.01. The molecule has 0 bridgehead atoms. The number of carbonyl (C=O) groups is 1. The van der Waals surface area contributed by atoms with E-state index in [1.165, 1.54) is 0 Å². The lowest BCUT2D eigenvalue weighted by molar-refractivity contribution is 0.0956. The molecule has 13 heavy (non-hydrogen) atoms. The molecule has 1 rings (SSSR count). The first-order valence-electron chi connectivity index (χ1n) is 3.78. The normalized spacial score (nSPS) is 8.77. The maximum absolute atomic E-state index is 11.3. The maximum atomic E-state index is 11.3. The topological polar surface area (TPSA) is 29.1 Å². The molecular weight excluding hydrogens is 230 g/mol. The molecule has 2 nitrogen and oxygen atoms in total. The number of hydrogen-bond acceptors (Lipinski definition) is 1. The molecule has 0 saturated carbocycles. The molecule has 0 saturated heterocycles. The SMILES string of the molecule is C.CCNC(=O)c1cccc(Br)c1. The predicted molar refractivity (Wildman–Crippen MR) is 58.9 cm³/mol. The minimum atomic E-state index is -0.0289. The third kappa shape index (κ3) is 3.59. The van der Waals surface area contributed by atoms with Crippen LogP contribution >= 0.6 is 15.9 Å². The Labute approximate surface area is 87.5 Å². The van der Waals surface area contributed by atoms with Crippen LogP contribution in [0, 0.1) is 0 Å². The molecule has 0 aromatic heterocycles. The Bertz CT molecular complexity index is 286. The highest BCUT2D eigenvalue weighted by Crippen LogP contribution is 2.11. The monoisotopic (exact) mass is 243 g/mol. The fourth-order valence-electron chi connectivity index (χ4n) is 0.892. The lowest BCUT2D eigenvalue weighted by atomic mass is 10.2. The number of benzene rings is 1. The van der Waals surface area contributed by atoms with Crippen LogP contribution in [0.15, 0.2) is 28.7 Å². The van der Waals surface area contributed by atoms with E-state index in [-0.39, 0.29) is 13.3 Å². The third-order valence-electron chi connectivity index (χ3n) is 1.42. The van der Waals surface area contributed by atoms with Crippen molar-refractivity contribution in [2.45, 2.75) is 14.4 Å². The van der Waals surface area contributed by atoms with E-state index in [2.05, 4.69) is 21.2 Å². The van der Waals surface area contributed by atoms with Crippen molar-refractivity contribution in [1.29, 1.82) is 0 Å². The van der Waals surface area contributed by atoms with Gasteiger partial charge in [0, 0.05) is 16.6 Å². The van der Waals surface area contributed by atoms with Crippen LogP contribution in [0.2, 0.25) is 0 Å². The van der Waals surface area contributed by atoms with Gasteiger partial charge in [-0.3, -0.25) is 4.79 Å². The zero-order chi connectivity index (χ0) is 8.97. The Kier molecular flexibility index (Phi) is 5.39. The molecular formula is C10H14BrNO. The number of hydrogen-bond donors (Lipinski definition) is 1. The highest BCUT2D eigenvalue weighted by atomic mass is 79.9. The molecule has 0 aliphatic heterocycles. The molecule has 1 amide bonds. The number of halogens is 1. The predicted octanol–water partition coefficient (Wildman–Crippen LogP) is 2.83. The summed E-state index contributed by atoms with van der Waals surface area (Å²) in [6, 6.07) is 7.32. The summed E-state index contributed by atoms with van der Waals surface area (Å²) in [6.45, 7) is 2.56. The van der Waals surface area contributed by atoms with Gasteiger partial charge in [0.2, 0.25) is 0 Å². The summed E-state index contributed by atoms with van der Waals surface area (Å²) in [4.78, 5) is 11.3. The highest BCUT2D eigenvalue weighted by molar-refractivity contribution is 9.10. The fourth-order valence-corrected chi connectivity index (χ4v) is 1.29. The molecule has 72 valence electrons. The van der Waals surface area contributed by atoms with Gasteiger partial charge in [-0.2, -0.15) is 0 Å². The van der Waals surface area contributed by atoms with E-state index >= 15 is 0 Å². The van der Waals surface area contributed by atoms with E-state index in [9.17, 15) is 4.79 Å². The van der Waals surface area contributed by atoms with Crippen LogP contribution in [0.1, 0.15) is 24.7 Å². The van der Waals surface area contributed by atoms with Gasteiger partial charge in [0.25, 0.3) is 5.91 Å². The molecule has 0 atom stereocenters. The molecule has 0 aliphatic carbocycles. The molecule has 3 heteroatoms. The molecule has 0 radical (unpaired) electrons. The van der Waals surface area contributed by atoms with Gasteiger partial charge in [0.15, 0.2) is 0 Å². The van der Waals surface area contributed by atoms with Gasteiger partial charge in [0.05, 0.1) is 0 Å². The number of rotatable bonds is 2.